The van der Waals surface area contributed by atoms with Gasteiger partial charge in [-0.1, -0.05) is 12.1 Å². The normalized spacial score (nSPS) is 11.6. The van der Waals surface area contributed by atoms with Crippen LogP contribution in [0.4, 0.5) is 10.1 Å². The van der Waals surface area contributed by atoms with E-state index < -0.39 is 6.10 Å². The largest absolute Gasteiger partial charge is 0.493 e. The zero-order valence-electron chi connectivity index (χ0n) is 11.8. The van der Waals surface area contributed by atoms with Gasteiger partial charge in [-0.3, -0.25) is 4.79 Å². The molecule has 4 nitrogen and oxygen atoms in total. The van der Waals surface area contributed by atoms with Gasteiger partial charge in [0.25, 0.3) is 5.91 Å². The van der Waals surface area contributed by atoms with Gasteiger partial charge in [0.1, 0.15) is 5.82 Å². The number of para-hydroxylation sites is 2. The number of rotatable bonds is 5. The van der Waals surface area contributed by atoms with Crippen LogP contribution >= 0.6 is 0 Å². The molecule has 1 N–H and O–H groups in total. The van der Waals surface area contributed by atoms with E-state index in [0.717, 1.165) is 0 Å². The minimum absolute atomic E-state index is 0.326. The molecule has 0 saturated heterocycles. The number of amides is 1. The van der Waals surface area contributed by atoms with E-state index in [2.05, 4.69) is 5.32 Å². The monoisotopic (exact) mass is 289 g/mol. The van der Waals surface area contributed by atoms with E-state index in [0.29, 0.717) is 17.2 Å². The highest BCUT2D eigenvalue weighted by atomic mass is 19.1. The summed E-state index contributed by atoms with van der Waals surface area (Å²) in [7, 11) is 1.53. The maximum Gasteiger partial charge on any atom is 0.265 e. The molecule has 2 aromatic carbocycles. The van der Waals surface area contributed by atoms with Crippen molar-refractivity contribution in [3.63, 3.8) is 0 Å². The molecule has 0 bridgehead atoms. The molecule has 5 heteroatoms. The number of hydrogen-bond acceptors (Lipinski definition) is 3. The number of halogens is 1. The molecular weight excluding hydrogens is 273 g/mol. The molecule has 2 rings (SSSR count). The van der Waals surface area contributed by atoms with Gasteiger partial charge in [-0.15, -0.1) is 0 Å². The van der Waals surface area contributed by atoms with E-state index in [4.69, 9.17) is 9.47 Å². The SMILES string of the molecule is COc1ccccc1O[C@H](C)C(=O)Nc1ccc(F)cc1. The average Bonchev–Trinajstić information content (AvgIpc) is 2.50. The number of benzene rings is 2. The molecule has 0 unspecified atom stereocenters. The van der Waals surface area contributed by atoms with Crippen molar-refractivity contribution in [3.8, 4) is 11.5 Å². The van der Waals surface area contributed by atoms with E-state index >= 15 is 0 Å². The van der Waals surface area contributed by atoms with Crippen molar-refractivity contribution in [3.05, 3.63) is 54.3 Å². The number of nitrogens with one attached hydrogen (secondary N) is 1. The second kappa shape index (κ2) is 6.74. The first-order chi connectivity index (χ1) is 10.1. The third kappa shape index (κ3) is 3.95. The fourth-order valence-corrected chi connectivity index (χ4v) is 1.74. The van der Waals surface area contributed by atoms with Gasteiger partial charge in [-0.2, -0.15) is 0 Å². The average molecular weight is 289 g/mol. The molecule has 0 aromatic heterocycles. The molecule has 0 saturated carbocycles. The topological polar surface area (TPSA) is 47.6 Å². The number of methoxy groups -OCH3 is 1. The lowest BCUT2D eigenvalue weighted by Gasteiger charge is -2.16. The van der Waals surface area contributed by atoms with Crippen LogP contribution in [0.1, 0.15) is 6.92 Å². The minimum Gasteiger partial charge on any atom is -0.493 e. The summed E-state index contributed by atoms with van der Waals surface area (Å²) in [6, 6.07) is 12.6. The van der Waals surface area contributed by atoms with Crippen LogP contribution in [0.5, 0.6) is 11.5 Å². The molecule has 2 aromatic rings. The Morgan fingerprint density at radius 1 is 1.10 bits per heavy atom. The molecule has 0 aliphatic carbocycles. The fourth-order valence-electron chi connectivity index (χ4n) is 1.74. The maximum absolute atomic E-state index is 12.8. The van der Waals surface area contributed by atoms with Crippen molar-refractivity contribution in [1.29, 1.82) is 0 Å². The zero-order chi connectivity index (χ0) is 15.2. The fraction of sp³-hybridized carbons (Fsp3) is 0.188. The third-order valence-electron chi connectivity index (χ3n) is 2.85. The molecule has 0 aliphatic rings. The van der Waals surface area contributed by atoms with Crippen LogP contribution in [0.2, 0.25) is 0 Å². The van der Waals surface area contributed by atoms with Crippen molar-refractivity contribution < 1.29 is 18.7 Å². The predicted octanol–water partition coefficient (Wildman–Crippen LogP) is 3.24. The second-order valence-electron chi connectivity index (χ2n) is 4.41. The van der Waals surface area contributed by atoms with Gasteiger partial charge >= 0.3 is 0 Å². The Morgan fingerprint density at radius 2 is 1.71 bits per heavy atom. The summed E-state index contributed by atoms with van der Waals surface area (Å²) in [5, 5.41) is 2.66. The highest BCUT2D eigenvalue weighted by molar-refractivity contribution is 5.94. The molecule has 0 heterocycles. The van der Waals surface area contributed by atoms with Gasteiger partial charge in [0.2, 0.25) is 0 Å². The Balaban J connectivity index is 2.01. The molecule has 0 fully saturated rings. The van der Waals surface area contributed by atoms with Crippen LogP contribution in [0.15, 0.2) is 48.5 Å². The molecule has 0 radical (unpaired) electrons. The summed E-state index contributed by atoms with van der Waals surface area (Å²) >= 11 is 0. The quantitative estimate of drug-likeness (QED) is 0.919. The molecule has 0 spiro atoms. The summed E-state index contributed by atoms with van der Waals surface area (Å²) in [5.74, 6) is 0.361. The summed E-state index contributed by atoms with van der Waals surface area (Å²) in [5.41, 5.74) is 0.511. The van der Waals surface area contributed by atoms with Crippen molar-refractivity contribution in [2.75, 3.05) is 12.4 Å². The van der Waals surface area contributed by atoms with Crippen molar-refractivity contribution in [2.45, 2.75) is 13.0 Å². The molecule has 21 heavy (non-hydrogen) atoms. The number of anilines is 1. The number of carbonyl (C=O) groups excluding carboxylic acids is 1. The van der Waals surface area contributed by atoms with Crippen LogP contribution in [-0.4, -0.2) is 19.1 Å². The number of carbonyl (C=O) groups is 1. The Bertz CT molecular complexity index is 613. The molecule has 0 aliphatic heterocycles. The van der Waals surface area contributed by atoms with Crippen molar-refractivity contribution in [2.24, 2.45) is 0 Å². The molecule has 1 amide bonds. The summed E-state index contributed by atoms with van der Waals surface area (Å²) in [6.45, 7) is 1.63. The van der Waals surface area contributed by atoms with Crippen molar-refractivity contribution >= 4 is 11.6 Å². The smallest absolute Gasteiger partial charge is 0.265 e. The second-order valence-corrected chi connectivity index (χ2v) is 4.41. The Labute approximate surface area is 122 Å². The van der Waals surface area contributed by atoms with Crippen LogP contribution in [0.3, 0.4) is 0 Å². The highest BCUT2D eigenvalue weighted by Crippen LogP contribution is 2.26. The Morgan fingerprint density at radius 3 is 2.33 bits per heavy atom. The van der Waals surface area contributed by atoms with E-state index in [1.807, 2.05) is 6.07 Å². The van der Waals surface area contributed by atoms with Gasteiger partial charge < -0.3 is 14.8 Å². The lowest BCUT2D eigenvalue weighted by molar-refractivity contribution is -0.122. The van der Waals surface area contributed by atoms with Gasteiger partial charge in [0.05, 0.1) is 7.11 Å². The van der Waals surface area contributed by atoms with E-state index in [1.165, 1.54) is 31.4 Å². The van der Waals surface area contributed by atoms with Crippen LogP contribution in [0, 0.1) is 5.82 Å². The number of hydrogen-bond donors (Lipinski definition) is 1. The van der Waals surface area contributed by atoms with Crippen LogP contribution in [-0.2, 0) is 4.79 Å². The lowest BCUT2D eigenvalue weighted by Crippen LogP contribution is -2.30. The van der Waals surface area contributed by atoms with Gasteiger partial charge in [-0.25, -0.2) is 4.39 Å². The van der Waals surface area contributed by atoms with E-state index in [-0.39, 0.29) is 11.7 Å². The third-order valence-corrected chi connectivity index (χ3v) is 2.85. The van der Waals surface area contributed by atoms with E-state index in [1.54, 1.807) is 25.1 Å². The van der Waals surface area contributed by atoms with Crippen LogP contribution < -0.4 is 14.8 Å². The first-order valence-electron chi connectivity index (χ1n) is 6.46. The number of ether oxygens (including phenoxy) is 2. The van der Waals surface area contributed by atoms with Crippen LogP contribution in [0.25, 0.3) is 0 Å². The summed E-state index contributed by atoms with van der Waals surface area (Å²) < 4.78 is 23.5. The molecular formula is C16H16FNO3. The Hall–Kier alpha value is -2.56. The summed E-state index contributed by atoms with van der Waals surface area (Å²) in [4.78, 5) is 12.0. The maximum atomic E-state index is 12.8. The van der Waals surface area contributed by atoms with E-state index in [9.17, 15) is 9.18 Å². The highest BCUT2D eigenvalue weighted by Gasteiger charge is 2.16. The zero-order valence-corrected chi connectivity index (χ0v) is 11.8. The predicted molar refractivity (Wildman–Crippen MR) is 78.1 cm³/mol. The minimum atomic E-state index is -0.716. The molecule has 110 valence electrons. The van der Waals surface area contributed by atoms with Gasteiger partial charge in [0, 0.05) is 5.69 Å². The molecule has 1 atom stereocenters. The lowest BCUT2D eigenvalue weighted by atomic mass is 10.3. The summed E-state index contributed by atoms with van der Waals surface area (Å²) in [6.07, 6.45) is -0.716. The van der Waals surface area contributed by atoms with Crippen molar-refractivity contribution in [1.82, 2.24) is 0 Å². The van der Waals surface area contributed by atoms with Gasteiger partial charge in [-0.05, 0) is 43.3 Å². The first kappa shape index (κ1) is 14.8. The first-order valence-corrected chi connectivity index (χ1v) is 6.46. The van der Waals surface area contributed by atoms with Gasteiger partial charge in [0.15, 0.2) is 17.6 Å². The Kier molecular flexibility index (Phi) is 4.77. The standard InChI is InChI=1S/C16H16FNO3/c1-11(21-15-6-4-3-5-14(15)20-2)16(19)18-13-9-7-12(17)8-10-13/h3-11H,1-2H3,(H,18,19)/t11-/m1/s1.